The maximum absolute atomic E-state index is 10.7. The van der Waals surface area contributed by atoms with Crippen LogP contribution in [0.5, 0.6) is 11.5 Å². The summed E-state index contributed by atoms with van der Waals surface area (Å²) in [4.78, 5) is 10.2. The average Bonchev–Trinajstić information content (AvgIpc) is 2.41. The van der Waals surface area contributed by atoms with Gasteiger partial charge in [0.1, 0.15) is 11.5 Å². The van der Waals surface area contributed by atoms with Gasteiger partial charge in [0.25, 0.3) is 5.69 Å². The molecule has 19 heavy (non-hydrogen) atoms. The van der Waals surface area contributed by atoms with Gasteiger partial charge in [-0.15, -0.1) is 0 Å². The van der Waals surface area contributed by atoms with Crippen molar-refractivity contribution < 1.29 is 9.66 Å². The Balaban J connectivity index is 2.25. The second-order valence-corrected chi connectivity index (χ2v) is 4.16. The molecule has 0 heterocycles. The number of hydrogen-bond donors (Lipinski definition) is 1. The first-order chi connectivity index (χ1) is 9.10. The van der Waals surface area contributed by atoms with E-state index in [-0.39, 0.29) is 5.69 Å². The Morgan fingerprint density at radius 1 is 1.26 bits per heavy atom. The van der Waals surface area contributed by atoms with E-state index in [2.05, 4.69) is 0 Å². The highest BCUT2D eigenvalue weighted by Gasteiger charge is 2.09. The molecular weight excluding hydrogens is 244 g/mol. The van der Waals surface area contributed by atoms with Crippen molar-refractivity contribution in [2.24, 2.45) is 5.73 Å². The number of hydrogen-bond acceptors (Lipinski definition) is 4. The van der Waals surface area contributed by atoms with E-state index in [0.717, 1.165) is 5.56 Å². The van der Waals surface area contributed by atoms with Gasteiger partial charge < -0.3 is 10.5 Å². The van der Waals surface area contributed by atoms with Gasteiger partial charge in [-0.2, -0.15) is 0 Å². The van der Waals surface area contributed by atoms with Gasteiger partial charge >= 0.3 is 0 Å². The number of non-ortho nitro benzene ring substituents is 1. The van der Waals surface area contributed by atoms with Crippen LogP contribution in [0.25, 0.3) is 0 Å². The molecule has 5 heteroatoms. The van der Waals surface area contributed by atoms with E-state index < -0.39 is 4.92 Å². The fourth-order valence-electron chi connectivity index (χ4n) is 1.72. The van der Waals surface area contributed by atoms with Crippen LogP contribution in [0.3, 0.4) is 0 Å². The minimum atomic E-state index is -0.425. The van der Waals surface area contributed by atoms with Crippen molar-refractivity contribution in [2.45, 2.75) is 13.5 Å². The highest BCUT2D eigenvalue weighted by molar-refractivity contribution is 5.45. The second kappa shape index (κ2) is 5.49. The third-order valence-electron chi connectivity index (χ3n) is 2.73. The van der Waals surface area contributed by atoms with E-state index >= 15 is 0 Å². The van der Waals surface area contributed by atoms with Gasteiger partial charge in [0, 0.05) is 18.7 Å². The zero-order valence-electron chi connectivity index (χ0n) is 10.5. The van der Waals surface area contributed by atoms with Gasteiger partial charge in [0.05, 0.1) is 4.92 Å². The fourth-order valence-corrected chi connectivity index (χ4v) is 1.72. The van der Waals surface area contributed by atoms with Crippen LogP contribution in [-0.2, 0) is 6.54 Å². The lowest BCUT2D eigenvalue weighted by Crippen LogP contribution is -1.96. The molecule has 2 aromatic carbocycles. The molecule has 0 saturated heterocycles. The minimum Gasteiger partial charge on any atom is -0.457 e. The predicted octanol–water partition coefficient (Wildman–Crippen LogP) is 3.15. The van der Waals surface area contributed by atoms with Crippen molar-refractivity contribution in [3.63, 3.8) is 0 Å². The molecule has 0 atom stereocenters. The van der Waals surface area contributed by atoms with Crippen LogP contribution >= 0.6 is 0 Å². The van der Waals surface area contributed by atoms with Gasteiger partial charge in [-0.25, -0.2) is 0 Å². The summed E-state index contributed by atoms with van der Waals surface area (Å²) in [7, 11) is 0. The number of nitrogens with two attached hydrogens (primary N) is 1. The average molecular weight is 258 g/mol. The number of benzene rings is 2. The monoisotopic (exact) mass is 258 g/mol. The zero-order valence-corrected chi connectivity index (χ0v) is 10.5. The predicted molar refractivity (Wildman–Crippen MR) is 72.2 cm³/mol. The first kappa shape index (κ1) is 13.0. The van der Waals surface area contributed by atoms with Crippen LogP contribution in [-0.4, -0.2) is 4.92 Å². The van der Waals surface area contributed by atoms with Crippen LogP contribution in [0, 0.1) is 17.0 Å². The Bertz CT molecular complexity index is 611. The van der Waals surface area contributed by atoms with Crippen molar-refractivity contribution in [2.75, 3.05) is 0 Å². The molecule has 0 aliphatic heterocycles. The van der Waals surface area contributed by atoms with Crippen LogP contribution < -0.4 is 10.5 Å². The number of aryl methyl sites for hydroxylation is 1. The Morgan fingerprint density at radius 2 is 2.05 bits per heavy atom. The molecule has 0 aliphatic rings. The van der Waals surface area contributed by atoms with E-state index in [0.29, 0.717) is 23.6 Å². The van der Waals surface area contributed by atoms with E-state index in [1.807, 2.05) is 24.3 Å². The van der Waals surface area contributed by atoms with Gasteiger partial charge in [-0.3, -0.25) is 10.1 Å². The van der Waals surface area contributed by atoms with Crippen LogP contribution in [0.1, 0.15) is 11.1 Å². The molecule has 0 unspecified atom stereocenters. The number of nitro groups is 1. The molecule has 2 aromatic rings. The fraction of sp³-hybridized carbons (Fsp3) is 0.143. The van der Waals surface area contributed by atoms with E-state index in [9.17, 15) is 10.1 Å². The molecule has 0 bridgehead atoms. The standard InChI is InChI=1S/C14H14N2O3/c1-10-7-12(16(17)18)5-6-14(10)19-13-4-2-3-11(8-13)9-15/h2-8H,9,15H2,1H3. The lowest BCUT2D eigenvalue weighted by atomic mass is 10.2. The van der Waals surface area contributed by atoms with Crippen molar-refractivity contribution in [3.8, 4) is 11.5 Å². The van der Waals surface area contributed by atoms with Crippen molar-refractivity contribution >= 4 is 5.69 Å². The van der Waals surface area contributed by atoms with E-state index in [4.69, 9.17) is 10.5 Å². The molecular formula is C14H14N2O3. The largest absolute Gasteiger partial charge is 0.457 e. The number of nitro benzene ring substituents is 1. The van der Waals surface area contributed by atoms with Crippen molar-refractivity contribution in [3.05, 3.63) is 63.7 Å². The summed E-state index contributed by atoms with van der Waals surface area (Å²) >= 11 is 0. The quantitative estimate of drug-likeness (QED) is 0.675. The SMILES string of the molecule is Cc1cc([N+](=O)[O-])ccc1Oc1cccc(CN)c1. The smallest absolute Gasteiger partial charge is 0.269 e. The summed E-state index contributed by atoms with van der Waals surface area (Å²) in [6.07, 6.45) is 0. The van der Waals surface area contributed by atoms with Crippen LogP contribution in [0.4, 0.5) is 5.69 Å². The molecule has 5 nitrogen and oxygen atoms in total. The van der Waals surface area contributed by atoms with E-state index in [1.54, 1.807) is 13.0 Å². The number of ether oxygens (including phenoxy) is 1. The molecule has 0 aliphatic carbocycles. The lowest BCUT2D eigenvalue weighted by Gasteiger charge is -2.09. The normalized spacial score (nSPS) is 10.2. The summed E-state index contributed by atoms with van der Waals surface area (Å²) in [5.74, 6) is 1.26. The molecule has 0 aromatic heterocycles. The highest BCUT2D eigenvalue weighted by Crippen LogP contribution is 2.28. The summed E-state index contributed by atoms with van der Waals surface area (Å²) in [6, 6.07) is 12.0. The summed E-state index contributed by atoms with van der Waals surface area (Å²) in [5, 5.41) is 10.7. The number of rotatable bonds is 4. The zero-order chi connectivity index (χ0) is 13.8. The Kier molecular flexibility index (Phi) is 3.77. The van der Waals surface area contributed by atoms with Gasteiger partial charge in [-0.05, 0) is 36.2 Å². The summed E-state index contributed by atoms with van der Waals surface area (Å²) in [6.45, 7) is 2.21. The lowest BCUT2D eigenvalue weighted by molar-refractivity contribution is -0.384. The topological polar surface area (TPSA) is 78.4 Å². The molecule has 0 spiro atoms. The maximum atomic E-state index is 10.7. The molecule has 0 radical (unpaired) electrons. The minimum absolute atomic E-state index is 0.0561. The Morgan fingerprint density at radius 3 is 2.68 bits per heavy atom. The third-order valence-corrected chi connectivity index (χ3v) is 2.73. The Labute approximate surface area is 110 Å². The van der Waals surface area contributed by atoms with Crippen LogP contribution in [0.2, 0.25) is 0 Å². The Hall–Kier alpha value is -2.40. The first-order valence-electron chi connectivity index (χ1n) is 5.82. The van der Waals surface area contributed by atoms with E-state index in [1.165, 1.54) is 12.1 Å². The van der Waals surface area contributed by atoms with Gasteiger partial charge in [0.2, 0.25) is 0 Å². The molecule has 2 N–H and O–H groups in total. The highest BCUT2D eigenvalue weighted by atomic mass is 16.6. The van der Waals surface area contributed by atoms with Crippen molar-refractivity contribution in [1.82, 2.24) is 0 Å². The van der Waals surface area contributed by atoms with Crippen molar-refractivity contribution in [1.29, 1.82) is 0 Å². The summed E-state index contributed by atoms with van der Waals surface area (Å²) in [5.41, 5.74) is 7.31. The first-order valence-corrected chi connectivity index (χ1v) is 5.82. The third kappa shape index (κ3) is 3.08. The van der Waals surface area contributed by atoms with Gasteiger partial charge in [0.15, 0.2) is 0 Å². The molecule has 0 fully saturated rings. The van der Waals surface area contributed by atoms with Crippen LogP contribution in [0.15, 0.2) is 42.5 Å². The molecule has 2 rings (SSSR count). The maximum Gasteiger partial charge on any atom is 0.269 e. The second-order valence-electron chi connectivity index (χ2n) is 4.16. The molecule has 0 saturated carbocycles. The molecule has 98 valence electrons. The summed E-state index contributed by atoms with van der Waals surface area (Å²) < 4.78 is 5.71. The number of nitrogens with zero attached hydrogens (tertiary/aromatic N) is 1. The molecule has 0 amide bonds. The van der Waals surface area contributed by atoms with Gasteiger partial charge in [-0.1, -0.05) is 12.1 Å².